The molecule has 1 N–H and O–H groups in total. The Labute approximate surface area is 105 Å². The Morgan fingerprint density at radius 3 is 2.74 bits per heavy atom. The lowest BCUT2D eigenvalue weighted by atomic mass is 10.1. The van der Waals surface area contributed by atoms with E-state index < -0.39 is 29.3 Å². The van der Waals surface area contributed by atoms with Gasteiger partial charge in [0.15, 0.2) is 0 Å². The van der Waals surface area contributed by atoms with Gasteiger partial charge in [0.05, 0.1) is 5.56 Å². The molecule has 3 rings (SSSR count). The van der Waals surface area contributed by atoms with Crippen molar-refractivity contribution in [3.63, 3.8) is 0 Å². The van der Waals surface area contributed by atoms with Crippen LogP contribution in [0, 0.1) is 5.82 Å². The summed E-state index contributed by atoms with van der Waals surface area (Å²) >= 11 is 0. The highest BCUT2D eigenvalue weighted by atomic mass is 19.1. The second kappa shape index (κ2) is 3.91. The summed E-state index contributed by atoms with van der Waals surface area (Å²) in [6, 6.07) is 6.31. The number of aromatic nitrogens is 2. The van der Waals surface area contributed by atoms with E-state index in [1.807, 2.05) is 0 Å². The molecule has 6 nitrogen and oxygen atoms in total. The van der Waals surface area contributed by atoms with Gasteiger partial charge < -0.3 is 9.72 Å². The van der Waals surface area contributed by atoms with Crippen LogP contribution in [-0.4, -0.2) is 15.5 Å². The van der Waals surface area contributed by atoms with Crippen molar-refractivity contribution < 1.29 is 13.9 Å². The first kappa shape index (κ1) is 11.4. The molecule has 2 heterocycles. The van der Waals surface area contributed by atoms with E-state index in [4.69, 9.17) is 4.74 Å². The van der Waals surface area contributed by atoms with Crippen LogP contribution in [-0.2, 0) is 4.74 Å². The minimum atomic E-state index is -1.24. The molecule has 1 aromatic heterocycles. The van der Waals surface area contributed by atoms with Crippen LogP contribution in [0.4, 0.5) is 4.39 Å². The summed E-state index contributed by atoms with van der Waals surface area (Å²) in [7, 11) is 0. The molecule has 0 bridgehead atoms. The number of hydrogen-bond acceptors (Lipinski definition) is 4. The number of hydrogen-bond donors (Lipinski definition) is 1. The fourth-order valence-electron chi connectivity index (χ4n) is 2.00. The number of benzene rings is 1. The summed E-state index contributed by atoms with van der Waals surface area (Å²) in [4.78, 5) is 37.0. The van der Waals surface area contributed by atoms with Crippen LogP contribution in [0.15, 0.2) is 40.1 Å². The van der Waals surface area contributed by atoms with Crippen molar-refractivity contribution in [2.75, 3.05) is 0 Å². The maximum absolute atomic E-state index is 13.2. The zero-order chi connectivity index (χ0) is 13.6. The van der Waals surface area contributed by atoms with Crippen LogP contribution >= 0.6 is 0 Å². The summed E-state index contributed by atoms with van der Waals surface area (Å²) in [6.07, 6.45) is -0.570. The van der Waals surface area contributed by atoms with Gasteiger partial charge in [0.1, 0.15) is 0 Å². The Hall–Kier alpha value is -2.70. The normalized spacial score (nSPS) is 17.1. The number of nitrogens with zero attached hydrogens (tertiary/aromatic N) is 1. The van der Waals surface area contributed by atoms with Crippen molar-refractivity contribution in [3.8, 4) is 0 Å². The molecule has 1 atom stereocenters. The molecular weight excluding hydrogens is 255 g/mol. The van der Waals surface area contributed by atoms with Crippen molar-refractivity contribution in [3.05, 3.63) is 68.2 Å². The minimum absolute atomic E-state index is 0.253. The highest BCUT2D eigenvalue weighted by molar-refractivity contribution is 5.93. The molecule has 0 spiro atoms. The SMILES string of the molecule is O=C1OC(n2c(=O)[nH]cc(F)c2=O)c2ccccc21. The zero-order valence-corrected chi connectivity index (χ0v) is 9.42. The summed E-state index contributed by atoms with van der Waals surface area (Å²) in [6.45, 7) is 0. The van der Waals surface area contributed by atoms with Crippen molar-refractivity contribution in [2.24, 2.45) is 0 Å². The topological polar surface area (TPSA) is 81.2 Å². The molecule has 0 amide bonds. The monoisotopic (exact) mass is 262 g/mol. The Morgan fingerprint density at radius 1 is 1.21 bits per heavy atom. The molecule has 0 fully saturated rings. The number of cyclic esters (lactones) is 1. The third-order valence-electron chi connectivity index (χ3n) is 2.86. The number of rotatable bonds is 1. The number of ether oxygens (including phenoxy) is 1. The zero-order valence-electron chi connectivity index (χ0n) is 9.42. The molecule has 1 unspecified atom stereocenters. The van der Waals surface area contributed by atoms with Gasteiger partial charge in [-0.2, -0.15) is 4.39 Å². The first-order chi connectivity index (χ1) is 9.09. The fourth-order valence-corrected chi connectivity index (χ4v) is 2.00. The molecule has 0 saturated heterocycles. The van der Waals surface area contributed by atoms with Gasteiger partial charge in [0.25, 0.3) is 5.56 Å². The van der Waals surface area contributed by atoms with Crippen LogP contribution in [0.25, 0.3) is 0 Å². The van der Waals surface area contributed by atoms with E-state index in [0.29, 0.717) is 16.3 Å². The standard InChI is InChI=1S/C12H7FN2O4/c13-8-5-14-12(18)15(9(8)16)10-6-3-1-2-4-7(6)11(17)19-10/h1-5,10H,(H,14,18). The first-order valence-electron chi connectivity index (χ1n) is 5.39. The summed E-state index contributed by atoms with van der Waals surface area (Å²) in [5, 5.41) is 0. The molecule has 2 aromatic rings. The minimum Gasteiger partial charge on any atom is -0.433 e. The van der Waals surface area contributed by atoms with Crippen molar-refractivity contribution in [1.29, 1.82) is 0 Å². The molecule has 1 aromatic carbocycles. The van der Waals surface area contributed by atoms with E-state index in [0.717, 1.165) is 0 Å². The lowest BCUT2D eigenvalue weighted by Crippen LogP contribution is -2.39. The lowest BCUT2D eigenvalue weighted by Gasteiger charge is -2.12. The van der Waals surface area contributed by atoms with Crippen LogP contribution in [0.5, 0.6) is 0 Å². The van der Waals surface area contributed by atoms with E-state index >= 15 is 0 Å². The molecule has 19 heavy (non-hydrogen) atoms. The largest absolute Gasteiger partial charge is 0.433 e. The highest BCUT2D eigenvalue weighted by Gasteiger charge is 2.34. The molecule has 1 aliphatic rings. The quantitative estimate of drug-likeness (QED) is 0.754. The van der Waals surface area contributed by atoms with Crippen LogP contribution in [0.1, 0.15) is 22.1 Å². The van der Waals surface area contributed by atoms with Crippen LogP contribution in [0.3, 0.4) is 0 Å². The molecule has 96 valence electrons. The predicted molar refractivity (Wildman–Crippen MR) is 61.3 cm³/mol. The van der Waals surface area contributed by atoms with E-state index in [9.17, 15) is 18.8 Å². The predicted octanol–water partition coefficient (Wildman–Crippen LogP) is 0.393. The Balaban J connectivity index is 2.27. The number of halogens is 1. The first-order valence-corrected chi connectivity index (χ1v) is 5.39. The van der Waals surface area contributed by atoms with Gasteiger partial charge in [0.2, 0.25) is 12.0 Å². The second-order valence-corrected chi connectivity index (χ2v) is 3.96. The number of esters is 1. The summed E-state index contributed by atoms with van der Waals surface area (Å²) in [5.74, 6) is -1.78. The Bertz CT molecular complexity index is 793. The van der Waals surface area contributed by atoms with E-state index in [1.165, 1.54) is 6.07 Å². The van der Waals surface area contributed by atoms with Gasteiger partial charge in [-0.1, -0.05) is 18.2 Å². The Kier molecular flexibility index (Phi) is 2.34. The van der Waals surface area contributed by atoms with Gasteiger partial charge in [-0.15, -0.1) is 0 Å². The highest BCUT2D eigenvalue weighted by Crippen LogP contribution is 2.29. The van der Waals surface area contributed by atoms with Crippen molar-refractivity contribution in [2.45, 2.75) is 6.23 Å². The van der Waals surface area contributed by atoms with E-state index in [1.54, 1.807) is 18.2 Å². The number of H-pyrrole nitrogens is 1. The smallest absolute Gasteiger partial charge is 0.340 e. The number of carbonyl (C=O) groups is 1. The fraction of sp³-hybridized carbons (Fsp3) is 0.0833. The molecule has 0 aliphatic carbocycles. The third kappa shape index (κ3) is 1.59. The number of aromatic amines is 1. The number of carbonyl (C=O) groups excluding carboxylic acids is 1. The van der Waals surface area contributed by atoms with Crippen LogP contribution < -0.4 is 11.2 Å². The summed E-state index contributed by atoms with van der Waals surface area (Å²) < 4.78 is 18.8. The molecule has 0 radical (unpaired) electrons. The average Bonchev–Trinajstić information content (AvgIpc) is 2.73. The van der Waals surface area contributed by atoms with Gasteiger partial charge in [-0.05, 0) is 6.07 Å². The number of nitrogens with one attached hydrogen (secondary N) is 1. The summed E-state index contributed by atoms with van der Waals surface area (Å²) in [5.41, 5.74) is -1.38. The van der Waals surface area contributed by atoms with Gasteiger partial charge >= 0.3 is 11.7 Å². The second-order valence-electron chi connectivity index (χ2n) is 3.96. The lowest BCUT2D eigenvalue weighted by molar-refractivity contribution is 0.0299. The number of fused-ring (bicyclic) bond motifs is 1. The average molecular weight is 262 g/mol. The molecular formula is C12H7FN2O4. The van der Waals surface area contributed by atoms with E-state index in [-0.39, 0.29) is 5.56 Å². The van der Waals surface area contributed by atoms with Crippen molar-refractivity contribution in [1.82, 2.24) is 9.55 Å². The van der Waals surface area contributed by atoms with Gasteiger partial charge in [-0.25, -0.2) is 14.2 Å². The third-order valence-corrected chi connectivity index (χ3v) is 2.86. The maximum Gasteiger partial charge on any atom is 0.340 e. The van der Waals surface area contributed by atoms with Gasteiger partial charge in [-0.3, -0.25) is 4.79 Å². The molecule has 7 heteroatoms. The van der Waals surface area contributed by atoms with E-state index in [2.05, 4.69) is 4.98 Å². The molecule has 1 aliphatic heterocycles. The van der Waals surface area contributed by atoms with Gasteiger partial charge in [0, 0.05) is 11.8 Å². The molecule has 0 saturated carbocycles. The maximum atomic E-state index is 13.2. The van der Waals surface area contributed by atoms with Crippen molar-refractivity contribution >= 4 is 5.97 Å². The Morgan fingerprint density at radius 2 is 1.95 bits per heavy atom. The van der Waals surface area contributed by atoms with Crippen LogP contribution in [0.2, 0.25) is 0 Å².